The normalized spacial score (nSPS) is 18.8. The van der Waals surface area contributed by atoms with Crippen LogP contribution in [0.5, 0.6) is 5.75 Å². The molecule has 0 unspecified atom stereocenters. The highest BCUT2D eigenvalue weighted by Crippen LogP contribution is 2.38. The molecule has 1 aliphatic carbocycles. The molecular formula is C22H21F5N4O3. The molecule has 1 aliphatic rings. The highest BCUT2D eigenvalue weighted by Gasteiger charge is 2.33. The summed E-state index contributed by atoms with van der Waals surface area (Å²) < 4.78 is 75.3. The zero-order chi connectivity index (χ0) is 24.6. The van der Waals surface area contributed by atoms with Gasteiger partial charge < -0.3 is 15.2 Å². The van der Waals surface area contributed by atoms with E-state index in [1.807, 2.05) is 0 Å². The smallest absolute Gasteiger partial charge is 0.433 e. The number of aromatic nitrogens is 3. The van der Waals surface area contributed by atoms with Gasteiger partial charge in [0.2, 0.25) is 5.95 Å². The number of carbonyl (C=O) groups excluding carboxylic acids is 1. The SMILES string of the molecule is COc1c(NC(=O)c2cccc(C(F)(F)F)n2)cc2c(F)n([C@H]3CC[C@H](CO)CC3)nc2c1F. The van der Waals surface area contributed by atoms with E-state index in [1.54, 1.807) is 0 Å². The number of anilines is 1. The van der Waals surface area contributed by atoms with Crippen molar-refractivity contribution in [3.05, 3.63) is 47.4 Å². The number of halogens is 5. The first-order chi connectivity index (χ1) is 16.1. The third-order valence-electron chi connectivity index (χ3n) is 5.97. The maximum atomic E-state index is 15.2. The van der Waals surface area contributed by atoms with Gasteiger partial charge in [-0.1, -0.05) is 6.07 Å². The van der Waals surface area contributed by atoms with E-state index in [2.05, 4.69) is 15.4 Å². The zero-order valence-corrected chi connectivity index (χ0v) is 18.0. The van der Waals surface area contributed by atoms with Crippen LogP contribution in [-0.4, -0.2) is 39.5 Å². The highest BCUT2D eigenvalue weighted by molar-refractivity contribution is 6.05. The van der Waals surface area contributed by atoms with Gasteiger partial charge >= 0.3 is 6.18 Å². The van der Waals surface area contributed by atoms with Gasteiger partial charge in [-0.25, -0.2) is 14.1 Å². The molecular weight excluding hydrogens is 463 g/mol. The molecule has 1 amide bonds. The van der Waals surface area contributed by atoms with Crippen LogP contribution in [-0.2, 0) is 6.18 Å². The van der Waals surface area contributed by atoms with E-state index < -0.39 is 41.0 Å². The van der Waals surface area contributed by atoms with Crippen molar-refractivity contribution in [2.75, 3.05) is 19.0 Å². The molecule has 0 radical (unpaired) electrons. The Kier molecular flexibility index (Phi) is 6.43. The second kappa shape index (κ2) is 9.16. The first-order valence-corrected chi connectivity index (χ1v) is 10.5. The van der Waals surface area contributed by atoms with E-state index >= 15 is 8.78 Å². The fourth-order valence-electron chi connectivity index (χ4n) is 4.16. The molecule has 2 heterocycles. The minimum Gasteiger partial charge on any atom is -0.491 e. The van der Waals surface area contributed by atoms with Gasteiger partial charge in [0, 0.05) is 6.61 Å². The zero-order valence-electron chi connectivity index (χ0n) is 18.0. The Morgan fingerprint density at radius 2 is 1.94 bits per heavy atom. The minimum absolute atomic E-state index is 0.0475. The van der Waals surface area contributed by atoms with Crippen LogP contribution in [0, 0.1) is 17.7 Å². The number of alkyl halides is 3. The first kappa shape index (κ1) is 23.9. The molecule has 182 valence electrons. The van der Waals surface area contributed by atoms with Gasteiger partial charge in [0.15, 0.2) is 11.6 Å². The summed E-state index contributed by atoms with van der Waals surface area (Å²) in [6.45, 7) is 0.0475. The lowest BCUT2D eigenvalue weighted by Gasteiger charge is -2.27. The highest BCUT2D eigenvalue weighted by atomic mass is 19.4. The van der Waals surface area contributed by atoms with Crippen molar-refractivity contribution in [3.8, 4) is 5.75 Å². The summed E-state index contributed by atoms with van der Waals surface area (Å²) in [5, 5.41) is 15.4. The second-order valence-electron chi connectivity index (χ2n) is 8.12. The number of hydrogen-bond donors (Lipinski definition) is 2. The van der Waals surface area contributed by atoms with Gasteiger partial charge in [-0.05, 0) is 49.8 Å². The standard InChI is InChI=1S/C22H21F5N4O3/c1-34-19-15(29-21(33)14-3-2-4-16(28-14)22(25,26)27)9-13-18(17(19)23)30-31(20(13)24)12-7-5-11(10-32)6-8-12/h2-4,9,11-12,32H,5-8,10H2,1H3,(H,29,33)/t11-,12-. The number of nitrogens with zero attached hydrogens (tertiary/aromatic N) is 3. The number of ether oxygens (including phenoxy) is 1. The molecule has 12 heteroatoms. The number of rotatable bonds is 5. The van der Waals surface area contributed by atoms with Gasteiger partial charge in [-0.3, -0.25) is 4.79 Å². The maximum absolute atomic E-state index is 15.2. The largest absolute Gasteiger partial charge is 0.491 e. The Hall–Kier alpha value is -3.28. The molecule has 0 spiro atoms. The third-order valence-corrected chi connectivity index (χ3v) is 5.97. The molecule has 0 saturated heterocycles. The summed E-state index contributed by atoms with van der Waals surface area (Å²) in [4.78, 5) is 15.8. The Morgan fingerprint density at radius 1 is 1.24 bits per heavy atom. The average Bonchev–Trinajstić information content (AvgIpc) is 3.15. The first-order valence-electron chi connectivity index (χ1n) is 10.5. The average molecular weight is 484 g/mol. The van der Waals surface area contributed by atoms with E-state index in [4.69, 9.17) is 4.74 Å². The molecule has 1 aromatic carbocycles. The van der Waals surface area contributed by atoms with Crippen molar-refractivity contribution in [2.45, 2.75) is 37.9 Å². The summed E-state index contributed by atoms with van der Waals surface area (Å²) in [6.07, 6.45) is -2.30. The summed E-state index contributed by atoms with van der Waals surface area (Å²) >= 11 is 0. The monoisotopic (exact) mass is 484 g/mol. The fourth-order valence-corrected chi connectivity index (χ4v) is 4.16. The summed E-state index contributed by atoms with van der Waals surface area (Å²) in [7, 11) is 1.13. The number of benzene rings is 1. The molecule has 2 N–H and O–H groups in total. The number of methoxy groups -OCH3 is 1. The minimum atomic E-state index is -4.76. The molecule has 2 aromatic heterocycles. The number of pyridine rings is 1. The molecule has 3 aromatic rings. The molecule has 1 saturated carbocycles. The Labute approximate surface area is 190 Å². The van der Waals surface area contributed by atoms with Crippen LogP contribution in [0.4, 0.5) is 27.6 Å². The van der Waals surface area contributed by atoms with Gasteiger partial charge in [-0.2, -0.15) is 22.7 Å². The van der Waals surface area contributed by atoms with Crippen molar-refractivity contribution >= 4 is 22.5 Å². The lowest BCUT2D eigenvalue weighted by atomic mass is 9.87. The number of hydrogen-bond acceptors (Lipinski definition) is 5. The third kappa shape index (κ3) is 4.41. The van der Waals surface area contributed by atoms with Crippen molar-refractivity contribution < 1.29 is 36.6 Å². The quantitative estimate of drug-likeness (QED) is 0.512. The van der Waals surface area contributed by atoms with Crippen molar-refractivity contribution in [2.24, 2.45) is 5.92 Å². The Bertz CT molecular complexity index is 1220. The van der Waals surface area contributed by atoms with Crippen LogP contribution in [0.25, 0.3) is 10.9 Å². The number of aliphatic hydroxyl groups excluding tert-OH is 1. The number of carbonyl (C=O) groups is 1. The molecule has 1 fully saturated rings. The summed E-state index contributed by atoms with van der Waals surface area (Å²) in [5.74, 6) is -3.20. The van der Waals surface area contributed by atoms with Crippen LogP contribution in [0.15, 0.2) is 24.3 Å². The predicted molar refractivity (Wildman–Crippen MR) is 111 cm³/mol. The van der Waals surface area contributed by atoms with Crippen LogP contribution < -0.4 is 10.1 Å². The van der Waals surface area contributed by atoms with Crippen molar-refractivity contribution in [3.63, 3.8) is 0 Å². The predicted octanol–water partition coefficient (Wildman–Crippen LogP) is 4.71. The van der Waals surface area contributed by atoms with E-state index in [0.717, 1.165) is 30.0 Å². The van der Waals surface area contributed by atoms with E-state index in [-0.39, 0.29) is 35.2 Å². The molecule has 4 rings (SSSR count). The van der Waals surface area contributed by atoms with Crippen LogP contribution in [0.1, 0.15) is 47.9 Å². The van der Waals surface area contributed by atoms with E-state index in [0.29, 0.717) is 31.7 Å². The Morgan fingerprint density at radius 3 is 2.56 bits per heavy atom. The van der Waals surface area contributed by atoms with Crippen LogP contribution in [0.2, 0.25) is 0 Å². The lowest BCUT2D eigenvalue weighted by molar-refractivity contribution is -0.141. The van der Waals surface area contributed by atoms with Crippen LogP contribution >= 0.6 is 0 Å². The molecule has 0 aliphatic heterocycles. The molecule has 0 atom stereocenters. The summed E-state index contributed by atoms with van der Waals surface area (Å²) in [6, 6.07) is 3.59. The number of aliphatic hydroxyl groups is 1. The number of fused-ring (bicyclic) bond motifs is 1. The van der Waals surface area contributed by atoms with Crippen LogP contribution in [0.3, 0.4) is 0 Å². The lowest BCUT2D eigenvalue weighted by Crippen LogP contribution is -2.21. The maximum Gasteiger partial charge on any atom is 0.433 e. The van der Waals surface area contributed by atoms with Crippen molar-refractivity contribution in [1.82, 2.24) is 14.8 Å². The van der Waals surface area contributed by atoms with Crippen molar-refractivity contribution in [1.29, 1.82) is 0 Å². The molecule has 34 heavy (non-hydrogen) atoms. The molecule has 7 nitrogen and oxygen atoms in total. The van der Waals surface area contributed by atoms with Gasteiger partial charge in [0.05, 0.1) is 24.2 Å². The van der Waals surface area contributed by atoms with Gasteiger partial charge in [0.25, 0.3) is 5.91 Å². The Balaban J connectivity index is 1.68. The topological polar surface area (TPSA) is 89.3 Å². The molecule has 0 bridgehead atoms. The number of amides is 1. The fraction of sp³-hybridized carbons (Fsp3) is 0.409. The van der Waals surface area contributed by atoms with Gasteiger partial charge in [0.1, 0.15) is 16.9 Å². The summed E-state index contributed by atoms with van der Waals surface area (Å²) in [5.41, 5.74) is -2.40. The van der Waals surface area contributed by atoms with E-state index in [9.17, 15) is 23.1 Å². The number of nitrogens with one attached hydrogen (secondary N) is 1. The second-order valence-corrected chi connectivity index (χ2v) is 8.12. The van der Waals surface area contributed by atoms with Gasteiger partial charge in [-0.15, -0.1) is 0 Å². The van der Waals surface area contributed by atoms with E-state index in [1.165, 1.54) is 0 Å².